The first kappa shape index (κ1) is 21.8. The largest absolute Gasteiger partial charge is 0.342 e. The van der Waals surface area contributed by atoms with Crippen molar-refractivity contribution >= 4 is 32.5 Å². The molecule has 160 valence electrons. The Hall–Kier alpha value is -1.86. The zero-order valence-electron chi connectivity index (χ0n) is 17.8. The van der Waals surface area contributed by atoms with E-state index in [9.17, 15) is 13.2 Å². The SMILES string of the molecule is CCS(=O)(=O)NCCCCC(=O)Nc1ccc2c(c1)c1c(n2C(C)C)CCCC1. The van der Waals surface area contributed by atoms with Crippen LogP contribution in [-0.2, 0) is 27.7 Å². The second-order valence-corrected chi connectivity index (χ2v) is 10.2. The highest BCUT2D eigenvalue weighted by Crippen LogP contribution is 2.35. The van der Waals surface area contributed by atoms with Crippen molar-refractivity contribution in [3.8, 4) is 0 Å². The lowest BCUT2D eigenvalue weighted by Crippen LogP contribution is -2.26. The van der Waals surface area contributed by atoms with Crippen molar-refractivity contribution < 1.29 is 13.2 Å². The van der Waals surface area contributed by atoms with E-state index in [1.165, 1.54) is 35.0 Å². The fourth-order valence-corrected chi connectivity index (χ4v) is 4.87. The van der Waals surface area contributed by atoms with Gasteiger partial charge in [0.1, 0.15) is 0 Å². The number of hydrogen-bond acceptors (Lipinski definition) is 3. The number of rotatable bonds is 9. The van der Waals surface area contributed by atoms with Gasteiger partial charge in [0.25, 0.3) is 0 Å². The number of carbonyl (C=O) groups is 1. The summed E-state index contributed by atoms with van der Waals surface area (Å²) in [6.07, 6.45) is 6.39. The van der Waals surface area contributed by atoms with Crippen molar-refractivity contribution in [2.45, 2.75) is 71.8 Å². The molecule has 0 saturated heterocycles. The fraction of sp³-hybridized carbons (Fsp3) is 0.591. The number of sulfonamides is 1. The number of fused-ring (bicyclic) bond motifs is 3. The number of aromatic nitrogens is 1. The van der Waals surface area contributed by atoms with E-state index >= 15 is 0 Å². The second kappa shape index (κ2) is 9.30. The summed E-state index contributed by atoms with van der Waals surface area (Å²) in [4.78, 5) is 12.3. The highest BCUT2D eigenvalue weighted by Gasteiger charge is 2.21. The molecule has 3 rings (SSSR count). The molecule has 1 heterocycles. The minimum Gasteiger partial charge on any atom is -0.342 e. The van der Waals surface area contributed by atoms with Crippen LogP contribution in [-0.4, -0.2) is 31.2 Å². The molecule has 29 heavy (non-hydrogen) atoms. The maximum Gasteiger partial charge on any atom is 0.224 e. The van der Waals surface area contributed by atoms with Gasteiger partial charge in [-0.15, -0.1) is 0 Å². The third-order valence-electron chi connectivity index (χ3n) is 5.64. The van der Waals surface area contributed by atoms with Crippen LogP contribution in [0.5, 0.6) is 0 Å². The summed E-state index contributed by atoms with van der Waals surface area (Å²) in [7, 11) is -3.15. The molecule has 0 saturated carbocycles. The van der Waals surface area contributed by atoms with Gasteiger partial charge in [0.2, 0.25) is 15.9 Å². The molecule has 0 bridgehead atoms. The third kappa shape index (κ3) is 5.20. The standard InChI is InChI=1S/C22H33N3O3S/c1-4-29(27,28)23-14-8-7-11-22(26)24-17-12-13-21-19(15-17)18-9-5-6-10-20(18)25(21)16(2)3/h12-13,15-16,23H,4-11,14H2,1-3H3,(H,24,26). The maximum absolute atomic E-state index is 12.3. The molecular formula is C22H33N3O3S. The average molecular weight is 420 g/mol. The number of unbranched alkanes of at least 4 members (excludes halogenated alkanes) is 1. The molecule has 2 N–H and O–H groups in total. The molecular weight excluding hydrogens is 386 g/mol. The Balaban J connectivity index is 1.63. The second-order valence-electron chi connectivity index (χ2n) is 8.13. The van der Waals surface area contributed by atoms with Gasteiger partial charge >= 0.3 is 0 Å². The molecule has 7 heteroatoms. The van der Waals surface area contributed by atoms with E-state index in [1.807, 2.05) is 6.07 Å². The van der Waals surface area contributed by atoms with Gasteiger partial charge in [-0.3, -0.25) is 4.79 Å². The first-order valence-electron chi connectivity index (χ1n) is 10.7. The number of anilines is 1. The van der Waals surface area contributed by atoms with E-state index in [2.05, 4.69) is 40.6 Å². The smallest absolute Gasteiger partial charge is 0.224 e. The van der Waals surface area contributed by atoms with Gasteiger partial charge in [0.15, 0.2) is 0 Å². The fourth-order valence-electron chi connectivity index (χ4n) is 4.21. The zero-order valence-corrected chi connectivity index (χ0v) is 18.6. The van der Waals surface area contributed by atoms with Crippen LogP contribution in [0.25, 0.3) is 10.9 Å². The van der Waals surface area contributed by atoms with Crippen LogP contribution in [0.2, 0.25) is 0 Å². The molecule has 1 aromatic heterocycles. The van der Waals surface area contributed by atoms with Crippen molar-refractivity contribution in [2.75, 3.05) is 17.6 Å². The van der Waals surface area contributed by atoms with Crippen LogP contribution in [0, 0.1) is 0 Å². The van der Waals surface area contributed by atoms with Gasteiger partial charge in [0, 0.05) is 41.3 Å². The van der Waals surface area contributed by atoms with E-state index in [1.54, 1.807) is 6.92 Å². The number of hydrogen-bond donors (Lipinski definition) is 2. The zero-order chi connectivity index (χ0) is 21.0. The van der Waals surface area contributed by atoms with Gasteiger partial charge in [-0.25, -0.2) is 13.1 Å². The van der Waals surface area contributed by atoms with Crippen LogP contribution in [0.15, 0.2) is 18.2 Å². The molecule has 1 aliphatic carbocycles. The lowest BCUT2D eigenvalue weighted by molar-refractivity contribution is -0.116. The molecule has 0 aliphatic heterocycles. The van der Waals surface area contributed by atoms with Crippen molar-refractivity contribution in [3.05, 3.63) is 29.5 Å². The first-order valence-corrected chi connectivity index (χ1v) is 12.4. The van der Waals surface area contributed by atoms with E-state index in [0.29, 0.717) is 31.8 Å². The van der Waals surface area contributed by atoms with Crippen LogP contribution < -0.4 is 10.0 Å². The van der Waals surface area contributed by atoms with E-state index in [-0.39, 0.29) is 11.7 Å². The summed E-state index contributed by atoms with van der Waals surface area (Å²) in [6, 6.07) is 6.65. The van der Waals surface area contributed by atoms with Crippen molar-refractivity contribution in [1.29, 1.82) is 0 Å². The van der Waals surface area contributed by atoms with Crippen molar-refractivity contribution in [3.63, 3.8) is 0 Å². The molecule has 1 amide bonds. The number of aryl methyl sites for hydroxylation is 1. The van der Waals surface area contributed by atoms with Crippen molar-refractivity contribution in [1.82, 2.24) is 9.29 Å². The van der Waals surface area contributed by atoms with E-state index in [4.69, 9.17) is 0 Å². The van der Waals surface area contributed by atoms with E-state index in [0.717, 1.165) is 18.5 Å². The van der Waals surface area contributed by atoms with Gasteiger partial charge in [-0.2, -0.15) is 0 Å². The summed E-state index contributed by atoms with van der Waals surface area (Å²) in [5, 5.41) is 4.27. The molecule has 2 aromatic rings. The van der Waals surface area contributed by atoms with Crippen LogP contribution in [0.3, 0.4) is 0 Å². The number of nitrogens with zero attached hydrogens (tertiary/aromatic N) is 1. The molecule has 0 radical (unpaired) electrons. The molecule has 6 nitrogen and oxygen atoms in total. The summed E-state index contributed by atoms with van der Waals surface area (Å²) in [5.74, 6) is 0.0536. The monoisotopic (exact) mass is 419 g/mol. The Morgan fingerprint density at radius 2 is 1.93 bits per heavy atom. The lowest BCUT2D eigenvalue weighted by Gasteiger charge is -2.18. The van der Waals surface area contributed by atoms with Crippen molar-refractivity contribution in [2.24, 2.45) is 0 Å². The van der Waals surface area contributed by atoms with Crippen LogP contribution in [0.1, 0.15) is 70.2 Å². The number of amides is 1. The molecule has 0 unspecified atom stereocenters. The molecule has 0 fully saturated rings. The van der Waals surface area contributed by atoms with E-state index < -0.39 is 10.0 Å². The summed E-state index contributed by atoms with van der Waals surface area (Å²) in [5.41, 5.74) is 5.00. The predicted octanol–water partition coefficient (Wildman–Crippen LogP) is 4.15. The molecule has 1 aromatic carbocycles. The normalized spacial score (nSPS) is 14.3. The van der Waals surface area contributed by atoms with Gasteiger partial charge in [0.05, 0.1) is 5.75 Å². The first-order chi connectivity index (χ1) is 13.8. The van der Waals surface area contributed by atoms with Gasteiger partial charge in [-0.05, 0) is 83.1 Å². The quantitative estimate of drug-likeness (QED) is 0.599. The minimum atomic E-state index is -3.15. The Labute approximate surface area is 174 Å². The molecule has 1 aliphatic rings. The number of benzene rings is 1. The minimum absolute atomic E-state index is 0.0279. The summed E-state index contributed by atoms with van der Waals surface area (Å²) in [6.45, 7) is 6.44. The van der Waals surface area contributed by atoms with Gasteiger partial charge in [-0.1, -0.05) is 0 Å². The number of carbonyl (C=O) groups excluding carboxylic acids is 1. The number of nitrogens with one attached hydrogen (secondary N) is 2. The topological polar surface area (TPSA) is 80.2 Å². The van der Waals surface area contributed by atoms with Gasteiger partial charge < -0.3 is 9.88 Å². The third-order valence-corrected chi connectivity index (χ3v) is 7.05. The summed E-state index contributed by atoms with van der Waals surface area (Å²) < 4.78 is 27.8. The Morgan fingerprint density at radius 1 is 1.17 bits per heavy atom. The highest BCUT2D eigenvalue weighted by atomic mass is 32.2. The Bertz CT molecular complexity index is 977. The average Bonchev–Trinajstić information content (AvgIpc) is 3.01. The van der Waals surface area contributed by atoms with Crippen LogP contribution >= 0.6 is 0 Å². The molecule has 0 atom stereocenters. The maximum atomic E-state index is 12.3. The molecule has 0 spiro atoms. The lowest BCUT2D eigenvalue weighted by atomic mass is 9.95. The van der Waals surface area contributed by atoms with Crippen LogP contribution in [0.4, 0.5) is 5.69 Å². The predicted molar refractivity (Wildman–Crippen MR) is 119 cm³/mol. The summed E-state index contributed by atoms with van der Waals surface area (Å²) >= 11 is 0. The highest BCUT2D eigenvalue weighted by molar-refractivity contribution is 7.89. The Kier molecular flexibility index (Phi) is 7.01. The Morgan fingerprint density at radius 3 is 2.66 bits per heavy atom.